The number of nitrogen functional groups attached to an aromatic ring is 1. The zero-order valence-electron chi connectivity index (χ0n) is 11.0. The Balaban J connectivity index is 2.02. The van der Waals surface area contributed by atoms with Gasteiger partial charge in [-0.25, -0.2) is 4.68 Å². The van der Waals surface area contributed by atoms with Crippen LogP contribution >= 0.6 is 11.6 Å². The minimum atomic E-state index is 0.612. The molecule has 0 aliphatic carbocycles. The monoisotopic (exact) mass is 287 g/mol. The van der Waals surface area contributed by atoms with Crippen molar-refractivity contribution in [3.05, 3.63) is 47.9 Å². The van der Waals surface area contributed by atoms with Gasteiger partial charge in [0.1, 0.15) is 5.69 Å². The molecule has 0 aliphatic heterocycles. The predicted molar refractivity (Wildman–Crippen MR) is 79.9 cm³/mol. The number of nitrogens with two attached hydrogens (primary N) is 1. The van der Waals surface area contributed by atoms with E-state index in [-0.39, 0.29) is 0 Å². The highest BCUT2D eigenvalue weighted by Gasteiger charge is 2.11. The van der Waals surface area contributed by atoms with Crippen LogP contribution in [0.4, 0.5) is 5.69 Å². The van der Waals surface area contributed by atoms with E-state index in [0.717, 1.165) is 23.5 Å². The molecule has 3 aromatic rings. The Kier molecular flexibility index (Phi) is 3.20. The van der Waals surface area contributed by atoms with E-state index in [0.29, 0.717) is 10.7 Å². The molecule has 5 nitrogen and oxygen atoms in total. The second kappa shape index (κ2) is 5.02. The summed E-state index contributed by atoms with van der Waals surface area (Å²) in [6.07, 6.45) is 5.48. The summed E-state index contributed by atoms with van der Waals surface area (Å²) in [6, 6.07) is 7.47. The van der Waals surface area contributed by atoms with Gasteiger partial charge in [0, 0.05) is 23.3 Å². The van der Waals surface area contributed by atoms with Crippen molar-refractivity contribution in [1.29, 1.82) is 0 Å². The molecule has 102 valence electrons. The lowest BCUT2D eigenvalue weighted by Gasteiger charge is -2.00. The third-order valence-corrected chi connectivity index (χ3v) is 3.28. The molecule has 0 spiro atoms. The van der Waals surface area contributed by atoms with E-state index >= 15 is 0 Å². The third-order valence-electron chi connectivity index (χ3n) is 3.05. The van der Waals surface area contributed by atoms with E-state index in [1.807, 2.05) is 42.1 Å². The average Bonchev–Trinajstić information content (AvgIpc) is 3.04. The summed E-state index contributed by atoms with van der Waals surface area (Å²) in [7, 11) is 0. The van der Waals surface area contributed by atoms with Gasteiger partial charge in [0.05, 0.1) is 23.8 Å². The van der Waals surface area contributed by atoms with Crippen LogP contribution in [0.2, 0.25) is 5.02 Å². The molecule has 6 heteroatoms. The van der Waals surface area contributed by atoms with Crippen LogP contribution in [0.25, 0.3) is 16.9 Å². The first-order chi connectivity index (χ1) is 9.67. The zero-order chi connectivity index (χ0) is 14.1. The summed E-state index contributed by atoms with van der Waals surface area (Å²) in [5.74, 6) is 0. The second-order valence-electron chi connectivity index (χ2n) is 4.44. The fourth-order valence-corrected chi connectivity index (χ4v) is 2.21. The van der Waals surface area contributed by atoms with Gasteiger partial charge in [0.25, 0.3) is 0 Å². The maximum atomic E-state index is 6.05. The lowest BCUT2D eigenvalue weighted by Crippen LogP contribution is -1.94. The van der Waals surface area contributed by atoms with Crippen molar-refractivity contribution >= 4 is 17.3 Å². The molecule has 20 heavy (non-hydrogen) atoms. The molecular formula is C14H14ClN5. The smallest absolute Gasteiger partial charge is 0.119 e. The number of anilines is 1. The van der Waals surface area contributed by atoms with Crippen LogP contribution in [-0.2, 0) is 6.54 Å². The highest BCUT2D eigenvalue weighted by atomic mass is 35.5. The number of hydrogen-bond acceptors (Lipinski definition) is 3. The van der Waals surface area contributed by atoms with Crippen LogP contribution in [0, 0.1) is 0 Å². The molecule has 0 radical (unpaired) electrons. The zero-order valence-corrected chi connectivity index (χ0v) is 11.7. The van der Waals surface area contributed by atoms with Crippen molar-refractivity contribution in [2.24, 2.45) is 0 Å². The molecule has 1 aromatic carbocycles. The van der Waals surface area contributed by atoms with E-state index in [9.17, 15) is 0 Å². The molecule has 0 bridgehead atoms. The molecular weight excluding hydrogens is 274 g/mol. The van der Waals surface area contributed by atoms with E-state index < -0.39 is 0 Å². The van der Waals surface area contributed by atoms with Gasteiger partial charge < -0.3 is 5.73 Å². The van der Waals surface area contributed by atoms with Crippen molar-refractivity contribution < 1.29 is 0 Å². The molecule has 2 aromatic heterocycles. The predicted octanol–water partition coefficient (Wildman–Crippen LogP) is 2.99. The quantitative estimate of drug-likeness (QED) is 0.805. The van der Waals surface area contributed by atoms with Crippen LogP contribution in [-0.4, -0.2) is 19.6 Å². The van der Waals surface area contributed by atoms with Gasteiger partial charge in [0.15, 0.2) is 0 Å². The molecule has 0 saturated heterocycles. The summed E-state index contributed by atoms with van der Waals surface area (Å²) in [5, 5.41) is 9.42. The van der Waals surface area contributed by atoms with Crippen molar-refractivity contribution in [2.45, 2.75) is 13.5 Å². The Morgan fingerprint density at radius 2 is 2.15 bits per heavy atom. The van der Waals surface area contributed by atoms with Gasteiger partial charge in [-0.2, -0.15) is 10.2 Å². The number of halogens is 1. The van der Waals surface area contributed by atoms with Gasteiger partial charge >= 0.3 is 0 Å². The highest BCUT2D eigenvalue weighted by molar-refractivity contribution is 6.30. The van der Waals surface area contributed by atoms with E-state index in [2.05, 4.69) is 10.2 Å². The first kappa shape index (κ1) is 12.7. The van der Waals surface area contributed by atoms with Gasteiger partial charge in [-0.1, -0.05) is 17.7 Å². The average molecular weight is 288 g/mol. The third kappa shape index (κ3) is 2.28. The van der Waals surface area contributed by atoms with E-state index in [4.69, 9.17) is 17.3 Å². The van der Waals surface area contributed by atoms with Gasteiger partial charge in [-0.15, -0.1) is 0 Å². The lowest BCUT2D eigenvalue weighted by atomic mass is 10.2. The Bertz CT molecular complexity index is 744. The largest absolute Gasteiger partial charge is 0.396 e. The molecule has 0 aliphatic rings. The second-order valence-corrected chi connectivity index (χ2v) is 4.88. The van der Waals surface area contributed by atoms with Crippen LogP contribution in [0.15, 0.2) is 42.9 Å². The summed E-state index contributed by atoms with van der Waals surface area (Å²) in [4.78, 5) is 0. The molecule has 3 rings (SSSR count). The van der Waals surface area contributed by atoms with Crippen molar-refractivity contribution in [2.75, 3.05) is 5.73 Å². The first-order valence-corrected chi connectivity index (χ1v) is 6.69. The van der Waals surface area contributed by atoms with Gasteiger partial charge in [-0.3, -0.25) is 4.68 Å². The maximum Gasteiger partial charge on any atom is 0.119 e. The lowest BCUT2D eigenvalue weighted by molar-refractivity contribution is 0.660. The maximum absolute atomic E-state index is 6.05. The molecule has 0 fully saturated rings. The highest BCUT2D eigenvalue weighted by Crippen LogP contribution is 2.25. The minimum Gasteiger partial charge on any atom is -0.396 e. The van der Waals surface area contributed by atoms with Crippen LogP contribution in [0.3, 0.4) is 0 Å². The number of hydrogen-bond donors (Lipinski definition) is 1. The molecule has 2 heterocycles. The summed E-state index contributed by atoms with van der Waals surface area (Å²) in [6.45, 7) is 2.85. The van der Waals surface area contributed by atoms with E-state index in [1.54, 1.807) is 17.1 Å². The van der Waals surface area contributed by atoms with Crippen molar-refractivity contribution in [1.82, 2.24) is 19.6 Å². The Labute approximate surface area is 121 Å². The fourth-order valence-electron chi connectivity index (χ4n) is 2.02. The number of aromatic nitrogens is 4. The summed E-state index contributed by atoms with van der Waals surface area (Å²) in [5.41, 5.74) is 9.17. The Morgan fingerprint density at radius 1 is 1.30 bits per heavy atom. The van der Waals surface area contributed by atoms with Crippen LogP contribution < -0.4 is 5.73 Å². The van der Waals surface area contributed by atoms with Crippen molar-refractivity contribution in [3.63, 3.8) is 0 Å². The normalized spacial score (nSPS) is 10.9. The Morgan fingerprint density at radius 3 is 2.85 bits per heavy atom. The first-order valence-electron chi connectivity index (χ1n) is 6.31. The Hall–Kier alpha value is -2.27. The fraction of sp³-hybridized carbons (Fsp3) is 0.143. The standard InChI is InChI=1S/C14H14ClN5/c1-2-19-8-10(7-17-19)14-13(16)9-20(18-14)12-5-3-4-11(15)6-12/h3-9H,2,16H2,1H3. The number of aryl methyl sites for hydroxylation is 1. The van der Waals surface area contributed by atoms with E-state index in [1.165, 1.54) is 0 Å². The number of rotatable bonds is 3. The van der Waals surface area contributed by atoms with Gasteiger partial charge in [-0.05, 0) is 25.1 Å². The van der Waals surface area contributed by atoms with Crippen LogP contribution in [0.1, 0.15) is 6.92 Å². The number of nitrogens with zero attached hydrogens (tertiary/aromatic N) is 4. The van der Waals surface area contributed by atoms with Gasteiger partial charge in [0.2, 0.25) is 0 Å². The molecule has 0 amide bonds. The number of benzene rings is 1. The SMILES string of the molecule is CCn1cc(-c2nn(-c3cccc(Cl)c3)cc2N)cn1. The minimum absolute atomic E-state index is 0.612. The molecule has 2 N–H and O–H groups in total. The van der Waals surface area contributed by atoms with Crippen molar-refractivity contribution in [3.8, 4) is 16.9 Å². The molecule has 0 unspecified atom stereocenters. The summed E-state index contributed by atoms with van der Waals surface area (Å²) >= 11 is 5.99. The topological polar surface area (TPSA) is 61.7 Å². The van der Waals surface area contributed by atoms with Crippen LogP contribution in [0.5, 0.6) is 0 Å². The molecule has 0 saturated carbocycles. The summed E-state index contributed by atoms with van der Waals surface area (Å²) < 4.78 is 3.56. The molecule has 0 atom stereocenters.